The number of hydrogen-bond acceptors (Lipinski definition) is 3. The van der Waals surface area contributed by atoms with Gasteiger partial charge >= 0.3 is 0 Å². The molecule has 0 aromatic carbocycles. The van der Waals surface area contributed by atoms with Gasteiger partial charge in [0.1, 0.15) is 0 Å². The van der Waals surface area contributed by atoms with E-state index in [-0.39, 0.29) is 11.5 Å². The van der Waals surface area contributed by atoms with Crippen molar-refractivity contribution in [3.8, 4) is 0 Å². The van der Waals surface area contributed by atoms with Crippen molar-refractivity contribution >= 4 is 5.91 Å². The van der Waals surface area contributed by atoms with Gasteiger partial charge in [0.25, 0.3) is 0 Å². The van der Waals surface area contributed by atoms with Crippen LogP contribution in [0.2, 0.25) is 0 Å². The summed E-state index contributed by atoms with van der Waals surface area (Å²) >= 11 is 0. The molecule has 2 rings (SSSR count). The summed E-state index contributed by atoms with van der Waals surface area (Å²) in [6.45, 7) is 10.3. The number of nitrogens with zero attached hydrogens (tertiary/aromatic N) is 2. The molecule has 4 nitrogen and oxygen atoms in total. The minimum atomic E-state index is 0.0965. The number of hydrogen-bond donors (Lipinski definition) is 1. The number of carbonyl (C=O) groups is 1. The molecule has 1 N–H and O–H groups in total. The van der Waals surface area contributed by atoms with Crippen molar-refractivity contribution in [3.05, 3.63) is 0 Å². The molecule has 4 heteroatoms. The lowest BCUT2D eigenvalue weighted by molar-refractivity contribution is -0.141. The van der Waals surface area contributed by atoms with Crippen LogP contribution in [0.15, 0.2) is 0 Å². The highest BCUT2D eigenvalue weighted by atomic mass is 16.2. The summed E-state index contributed by atoms with van der Waals surface area (Å²) in [5.41, 5.74) is 0.0965. The molecule has 0 spiro atoms. The van der Waals surface area contributed by atoms with E-state index in [0.29, 0.717) is 11.9 Å². The van der Waals surface area contributed by atoms with Crippen molar-refractivity contribution in [2.45, 2.75) is 45.2 Å². The number of likely N-dealkylation sites (N-methyl/N-ethyl adjacent to an activating group) is 1. The summed E-state index contributed by atoms with van der Waals surface area (Å²) < 4.78 is 0. The van der Waals surface area contributed by atoms with Crippen LogP contribution in [0.4, 0.5) is 0 Å². The van der Waals surface area contributed by atoms with Crippen LogP contribution in [0.1, 0.15) is 33.6 Å². The second-order valence-electron chi connectivity index (χ2n) is 6.49. The summed E-state index contributed by atoms with van der Waals surface area (Å²) in [5, 5.41) is 3.42. The van der Waals surface area contributed by atoms with Crippen LogP contribution in [0.25, 0.3) is 0 Å². The Labute approximate surface area is 111 Å². The Kier molecular flexibility index (Phi) is 3.97. The first-order valence-corrected chi connectivity index (χ1v) is 7.15. The SMILES string of the molecule is CC1NCCCC1C(=O)N1CCN(C)C(C)(C)C1. The van der Waals surface area contributed by atoms with Crippen molar-refractivity contribution in [1.82, 2.24) is 15.1 Å². The van der Waals surface area contributed by atoms with Crippen LogP contribution in [-0.4, -0.2) is 60.5 Å². The molecule has 0 aliphatic carbocycles. The predicted molar refractivity (Wildman–Crippen MR) is 73.5 cm³/mol. The third kappa shape index (κ3) is 2.69. The maximum atomic E-state index is 12.6. The van der Waals surface area contributed by atoms with E-state index in [9.17, 15) is 4.79 Å². The molecule has 2 aliphatic rings. The quantitative estimate of drug-likeness (QED) is 0.755. The molecule has 2 heterocycles. The van der Waals surface area contributed by atoms with Gasteiger partial charge in [0, 0.05) is 31.2 Å². The molecule has 0 bridgehead atoms. The largest absolute Gasteiger partial charge is 0.339 e. The lowest BCUT2D eigenvalue weighted by atomic mass is 9.89. The minimum absolute atomic E-state index is 0.0965. The average molecular weight is 253 g/mol. The molecule has 2 aliphatic heterocycles. The smallest absolute Gasteiger partial charge is 0.227 e. The molecular weight excluding hydrogens is 226 g/mol. The molecule has 2 fully saturated rings. The first kappa shape index (κ1) is 13.8. The minimum Gasteiger partial charge on any atom is -0.339 e. The summed E-state index contributed by atoms with van der Waals surface area (Å²) in [5.74, 6) is 0.536. The molecule has 0 saturated carbocycles. The highest BCUT2D eigenvalue weighted by Gasteiger charge is 2.37. The number of carbonyl (C=O) groups excluding carboxylic acids is 1. The van der Waals surface area contributed by atoms with Crippen LogP contribution >= 0.6 is 0 Å². The fourth-order valence-corrected chi connectivity index (χ4v) is 3.04. The Morgan fingerprint density at radius 2 is 2.06 bits per heavy atom. The second kappa shape index (κ2) is 5.17. The van der Waals surface area contributed by atoms with Crippen molar-refractivity contribution in [3.63, 3.8) is 0 Å². The monoisotopic (exact) mass is 253 g/mol. The van der Waals surface area contributed by atoms with Gasteiger partial charge in [-0.25, -0.2) is 0 Å². The number of piperazine rings is 1. The maximum absolute atomic E-state index is 12.6. The third-order valence-corrected chi connectivity index (χ3v) is 4.71. The van der Waals surface area contributed by atoms with Gasteiger partial charge in [0.2, 0.25) is 5.91 Å². The number of rotatable bonds is 1. The van der Waals surface area contributed by atoms with E-state index in [2.05, 4.69) is 42.9 Å². The van der Waals surface area contributed by atoms with Crippen molar-refractivity contribution in [2.24, 2.45) is 5.92 Å². The van der Waals surface area contributed by atoms with Crippen molar-refractivity contribution < 1.29 is 4.79 Å². The fourth-order valence-electron chi connectivity index (χ4n) is 3.04. The maximum Gasteiger partial charge on any atom is 0.227 e. The highest BCUT2D eigenvalue weighted by molar-refractivity contribution is 5.80. The van der Waals surface area contributed by atoms with Gasteiger partial charge in [0.15, 0.2) is 0 Å². The molecule has 0 aromatic heterocycles. The Morgan fingerprint density at radius 1 is 1.33 bits per heavy atom. The van der Waals surface area contributed by atoms with Crippen molar-refractivity contribution in [2.75, 3.05) is 33.2 Å². The van der Waals surface area contributed by atoms with Gasteiger partial charge < -0.3 is 10.2 Å². The topological polar surface area (TPSA) is 35.6 Å². The standard InChI is InChI=1S/C14H27N3O/c1-11-12(6-5-7-15-11)13(18)17-9-8-16(4)14(2,3)10-17/h11-12,15H,5-10H2,1-4H3. The highest BCUT2D eigenvalue weighted by Crippen LogP contribution is 2.24. The third-order valence-electron chi connectivity index (χ3n) is 4.71. The molecule has 0 radical (unpaired) electrons. The van der Waals surface area contributed by atoms with Crippen LogP contribution in [0, 0.1) is 5.92 Å². The molecule has 2 unspecified atom stereocenters. The zero-order valence-electron chi connectivity index (χ0n) is 12.2. The van der Waals surface area contributed by atoms with E-state index in [1.54, 1.807) is 0 Å². The van der Waals surface area contributed by atoms with Gasteiger partial charge in [-0.05, 0) is 47.2 Å². The lowest BCUT2D eigenvalue weighted by Crippen LogP contribution is -2.61. The van der Waals surface area contributed by atoms with E-state index in [1.165, 1.54) is 0 Å². The Hall–Kier alpha value is -0.610. The average Bonchev–Trinajstić information content (AvgIpc) is 2.32. The van der Waals surface area contributed by atoms with E-state index in [4.69, 9.17) is 0 Å². The number of piperidine rings is 1. The van der Waals surface area contributed by atoms with Gasteiger partial charge in [0.05, 0.1) is 5.92 Å². The first-order chi connectivity index (χ1) is 8.42. The zero-order chi connectivity index (χ0) is 13.3. The zero-order valence-corrected chi connectivity index (χ0v) is 12.2. The molecular formula is C14H27N3O. The van der Waals surface area contributed by atoms with Crippen LogP contribution in [0.5, 0.6) is 0 Å². The number of amides is 1. The van der Waals surface area contributed by atoms with E-state index in [0.717, 1.165) is 39.0 Å². The molecule has 18 heavy (non-hydrogen) atoms. The Morgan fingerprint density at radius 3 is 2.67 bits per heavy atom. The van der Waals surface area contributed by atoms with Gasteiger partial charge in [-0.2, -0.15) is 0 Å². The Balaban J connectivity index is 2.01. The van der Waals surface area contributed by atoms with Gasteiger partial charge in [-0.15, -0.1) is 0 Å². The Bertz CT molecular complexity index is 316. The van der Waals surface area contributed by atoms with Crippen LogP contribution < -0.4 is 5.32 Å². The fraction of sp³-hybridized carbons (Fsp3) is 0.929. The molecule has 2 atom stereocenters. The van der Waals surface area contributed by atoms with Crippen LogP contribution in [-0.2, 0) is 4.79 Å². The van der Waals surface area contributed by atoms with E-state index >= 15 is 0 Å². The molecule has 2 saturated heterocycles. The summed E-state index contributed by atoms with van der Waals surface area (Å²) in [6, 6.07) is 0.328. The first-order valence-electron chi connectivity index (χ1n) is 7.15. The van der Waals surface area contributed by atoms with E-state index < -0.39 is 0 Å². The normalized spacial score (nSPS) is 33.4. The van der Waals surface area contributed by atoms with E-state index in [1.807, 2.05) is 0 Å². The molecule has 0 aromatic rings. The van der Waals surface area contributed by atoms with Crippen LogP contribution in [0.3, 0.4) is 0 Å². The molecule has 104 valence electrons. The summed E-state index contributed by atoms with van der Waals surface area (Å²) in [7, 11) is 2.15. The summed E-state index contributed by atoms with van der Waals surface area (Å²) in [6.07, 6.45) is 2.16. The van der Waals surface area contributed by atoms with Gasteiger partial charge in [-0.3, -0.25) is 9.69 Å². The van der Waals surface area contributed by atoms with Crippen molar-refractivity contribution in [1.29, 1.82) is 0 Å². The predicted octanol–water partition coefficient (Wildman–Crippen LogP) is 0.927. The number of nitrogens with one attached hydrogen (secondary N) is 1. The molecule has 1 amide bonds. The second-order valence-corrected chi connectivity index (χ2v) is 6.49. The summed E-state index contributed by atoms with van der Waals surface area (Å²) in [4.78, 5) is 17.0. The lowest BCUT2D eigenvalue weighted by Gasteiger charge is -2.46. The van der Waals surface area contributed by atoms with Gasteiger partial charge in [-0.1, -0.05) is 0 Å².